The van der Waals surface area contributed by atoms with E-state index in [0.717, 1.165) is 17.7 Å². The second-order valence-electron chi connectivity index (χ2n) is 7.33. The molecule has 0 spiro atoms. The van der Waals surface area contributed by atoms with Crippen molar-refractivity contribution in [3.63, 3.8) is 0 Å². The molecule has 1 unspecified atom stereocenters. The summed E-state index contributed by atoms with van der Waals surface area (Å²) in [5.41, 5.74) is 2.02. The van der Waals surface area contributed by atoms with E-state index in [-0.39, 0.29) is 42.0 Å². The number of aromatic nitrogens is 1. The van der Waals surface area contributed by atoms with Gasteiger partial charge in [0.25, 0.3) is 0 Å². The normalized spacial score (nSPS) is 12.2. The van der Waals surface area contributed by atoms with Crippen LogP contribution in [-0.2, 0) is 11.2 Å². The number of halogens is 2. The van der Waals surface area contributed by atoms with E-state index in [2.05, 4.69) is 36.3 Å². The molecule has 1 heterocycles. The number of oxazole rings is 1. The van der Waals surface area contributed by atoms with Crippen LogP contribution in [0.1, 0.15) is 56.2 Å². The molecule has 0 saturated carbocycles. The predicted octanol–water partition coefficient (Wildman–Crippen LogP) is 5.55. The van der Waals surface area contributed by atoms with E-state index in [1.807, 2.05) is 19.1 Å². The first-order valence-electron chi connectivity index (χ1n) is 9.63. The molecular formula is C23H24F2N2O2. The second kappa shape index (κ2) is 8.99. The standard InChI is InChI=1S/C23H24F2N2O2/c1-14(2)16-7-9-17(10-8-16)15(3)27-21(28)11-12-22-26-13-20(29-22)23-18(24)5-4-6-19(23)25/h4-10,13-15H,11-12H2,1-3H3,(H,27,28). The molecule has 0 radical (unpaired) electrons. The van der Waals surface area contributed by atoms with Crippen LogP contribution in [0.15, 0.2) is 53.1 Å². The second-order valence-corrected chi connectivity index (χ2v) is 7.33. The number of amides is 1. The number of nitrogens with one attached hydrogen (secondary N) is 1. The zero-order chi connectivity index (χ0) is 21.0. The minimum absolute atomic E-state index is 0.00891. The summed E-state index contributed by atoms with van der Waals surface area (Å²) in [6, 6.07) is 11.6. The fraction of sp³-hybridized carbons (Fsp3) is 0.304. The Kier molecular flexibility index (Phi) is 6.42. The highest BCUT2D eigenvalue weighted by molar-refractivity contribution is 5.76. The van der Waals surface area contributed by atoms with Crippen molar-refractivity contribution in [2.24, 2.45) is 0 Å². The van der Waals surface area contributed by atoms with E-state index in [4.69, 9.17) is 4.42 Å². The van der Waals surface area contributed by atoms with Gasteiger partial charge in [-0.25, -0.2) is 13.8 Å². The molecule has 0 aliphatic heterocycles. The first-order chi connectivity index (χ1) is 13.8. The van der Waals surface area contributed by atoms with Crippen LogP contribution in [0.2, 0.25) is 0 Å². The molecule has 0 bridgehead atoms. The summed E-state index contributed by atoms with van der Waals surface area (Å²) < 4.78 is 33.1. The van der Waals surface area contributed by atoms with Gasteiger partial charge in [0, 0.05) is 12.8 Å². The van der Waals surface area contributed by atoms with Gasteiger partial charge < -0.3 is 9.73 Å². The van der Waals surface area contributed by atoms with Gasteiger partial charge in [0.05, 0.1) is 17.8 Å². The van der Waals surface area contributed by atoms with E-state index < -0.39 is 11.6 Å². The minimum Gasteiger partial charge on any atom is -0.441 e. The molecule has 0 aliphatic carbocycles. The fourth-order valence-electron chi connectivity index (χ4n) is 3.06. The van der Waals surface area contributed by atoms with Crippen molar-refractivity contribution in [3.8, 4) is 11.3 Å². The average Bonchev–Trinajstić information content (AvgIpc) is 3.15. The molecule has 152 valence electrons. The maximum Gasteiger partial charge on any atom is 0.220 e. The van der Waals surface area contributed by atoms with Crippen molar-refractivity contribution in [2.75, 3.05) is 0 Å². The van der Waals surface area contributed by atoms with Crippen LogP contribution in [0, 0.1) is 11.6 Å². The summed E-state index contributed by atoms with van der Waals surface area (Å²) in [5.74, 6) is -0.869. The molecule has 1 amide bonds. The molecule has 3 aromatic rings. The number of nitrogens with zero attached hydrogens (tertiary/aromatic N) is 1. The lowest BCUT2D eigenvalue weighted by molar-refractivity contribution is -0.121. The predicted molar refractivity (Wildman–Crippen MR) is 107 cm³/mol. The number of benzene rings is 2. The first-order valence-corrected chi connectivity index (χ1v) is 9.63. The Morgan fingerprint density at radius 1 is 1.03 bits per heavy atom. The maximum absolute atomic E-state index is 13.8. The zero-order valence-electron chi connectivity index (χ0n) is 16.7. The van der Waals surface area contributed by atoms with E-state index in [1.54, 1.807) is 0 Å². The Bertz CT molecular complexity index is 961. The van der Waals surface area contributed by atoms with Crippen LogP contribution in [0.4, 0.5) is 8.78 Å². The Labute approximate surface area is 169 Å². The highest BCUT2D eigenvalue weighted by Gasteiger charge is 2.17. The Morgan fingerprint density at radius 2 is 1.66 bits per heavy atom. The molecule has 0 aliphatic rings. The van der Waals surface area contributed by atoms with Gasteiger partial charge in [-0.1, -0.05) is 44.2 Å². The smallest absolute Gasteiger partial charge is 0.220 e. The van der Waals surface area contributed by atoms with Gasteiger partial charge in [0.2, 0.25) is 5.91 Å². The molecule has 29 heavy (non-hydrogen) atoms. The van der Waals surface area contributed by atoms with Crippen LogP contribution < -0.4 is 5.32 Å². The zero-order valence-corrected chi connectivity index (χ0v) is 16.7. The van der Waals surface area contributed by atoms with Gasteiger partial charge >= 0.3 is 0 Å². The SMILES string of the molecule is CC(C)c1ccc(C(C)NC(=O)CCc2ncc(-c3c(F)cccc3F)o2)cc1. The molecule has 0 saturated heterocycles. The van der Waals surface area contributed by atoms with Gasteiger partial charge in [-0.05, 0) is 36.1 Å². The van der Waals surface area contributed by atoms with Crippen LogP contribution in [0.3, 0.4) is 0 Å². The molecule has 1 atom stereocenters. The Morgan fingerprint density at radius 3 is 2.28 bits per heavy atom. The quantitative estimate of drug-likeness (QED) is 0.567. The third-order valence-electron chi connectivity index (χ3n) is 4.81. The molecule has 0 fully saturated rings. The number of rotatable bonds is 7. The summed E-state index contributed by atoms with van der Waals surface area (Å²) in [4.78, 5) is 16.3. The van der Waals surface area contributed by atoms with Gasteiger partial charge in [-0.15, -0.1) is 0 Å². The summed E-state index contributed by atoms with van der Waals surface area (Å²) in [6.07, 6.45) is 1.67. The van der Waals surface area contributed by atoms with Gasteiger partial charge in [-0.3, -0.25) is 4.79 Å². The van der Waals surface area contributed by atoms with Crippen molar-refractivity contribution in [1.82, 2.24) is 10.3 Å². The largest absolute Gasteiger partial charge is 0.441 e. The summed E-state index contributed by atoms with van der Waals surface area (Å²) in [7, 11) is 0. The summed E-state index contributed by atoms with van der Waals surface area (Å²) in [6.45, 7) is 6.19. The van der Waals surface area contributed by atoms with Crippen molar-refractivity contribution < 1.29 is 18.0 Å². The van der Waals surface area contributed by atoms with Crippen LogP contribution in [-0.4, -0.2) is 10.9 Å². The molecule has 6 heteroatoms. The fourth-order valence-corrected chi connectivity index (χ4v) is 3.06. The van der Waals surface area contributed by atoms with Gasteiger partial charge in [-0.2, -0.15) is 0 Å². The highest BCUT2D eigenvalue weighted by Crippen LogP contribution is 2.27. The molecule has 3 rings (SSSR count). The van der Waals surface area contributed by atoms with Crippen molar-refractivity contribution in [2.45, 2.75) is 45.6 Å². The third kappa shape index (κ3) is 5.08. The summed E-state index contributed by atoms with van der Waals surface area (Å²) >= 11 is 0. The van der Waals surface area contributed by atoms with E-state index in [9.17, 15) is 13.6 Å². The monoisotopic (exact) mass is 398 g/mol. The van der Waals surface area contributed by atoms with Crippen LogP contribution >= 0.6 is 0 Å². The summed E-state index contributed by atoms with van der Waals surface area (Å²) in [5, 5.41) is 2.94. The van der Waals surface area contributed by atoms with Crippen molar-refractivity contribution in [3.05, 3.63) is 77.3 Å². The lowest BCUT2D eigenvalue weighted by atomic mass is 9.99. The number of carbonyl (C=O) groups excluding carboxylic acids is 1. The van der Waals surface area contributed by atoms with E-state index >= 15 is 0 Å². The number of hydrogen-bond acceptors (Lipinski definition) is 3. The molecule has 2 aromatic carbocycles. The third-order valence-corrected chi connectivity index (χ3v) is 4.81. The van der Waals surface area contributed by atoms with Gasteiger partial charge in [0.15, 0.2) is 11.7 Å². The van der Waals surface area contributed by atoms with Crippen LogP contribution in [0.25, 0.3) is 11.3 Å². The van der Waals surface area contributed by atoms with E-state index in [1.165, 1.54) is 17.8 Å². The average molecular weight is 398 g/mol. The minimum atomic E-state index is -0.720. The van der Waals surface area contributed by atoms with Crippen molar-refractivity contribution in [1.29, 1.82) is 0 Å². The van der Waals surface area contributed by atoms with E-state index in [0.29, 0.717) is 5.92 Å². The Balaban J connectivity index is 1.56. The molecular weight excluding hydrogens is 374 g/mol. The number of carbonyl (C=O) groups is 1. The van der Waals surface area contributed by atoms with Crippen LogP contribution in [0.5, 0.6) is 0 Å². The lowest BCUT2D eigenvalue weighted by Gasteiger charge is -2.15. The maximum atomic E-state index is 13.8. The van der Waals surface area contributed by atoms with Crippen molar-refractivity contribution >= 4 is 5.91 Å². The lowest BCUT2D eigenvalue weighted by Crippen LogP contribution is -2.26. The Hall–Kier alpha value is -3.02. The number of hydrogen-bond donors (Lipinski definition) is 1. The molecule has 1 N–H and O–H groups in total. The van der Waals surface area contributed by atoms with Gasteiger partial charge in [0.1, 0.15) is 11.6 Å². The first kappa shape index (κ1) is 20.7. The molecule has 4 nitrogen and oxygen atoms in total. The highest BCUT2D eigenvalue weighted by atomic mass is 19.1. The number of aryl methyl sites for hydroxylation is 1. The topological polar surface area (TPSA) is 55.1 Å². The molecule has 1 aromatic heterocycles.